The van der Waals surface area contributed by atoms with Crippen molar-refractivity contribution in [1.29, 1.82) is 0 Å². The summed E-state index contributed by atoms with van der Waals surface area (Å²) in [5.74, 6) is -1.86. The maximum Gasteiger partial charge on any atom is 0.510 e. The first-order valence-corrected chi connectivity index (χ1v) is 51.7. The van der Waals surface area contributed by atoms with Crippen LogP contribution in [0.15, 0.2) is 84.6 Å². The van der Waals surface area contributed by atoms with Gasteiger partial charge in [0.2, 0.25) is 37.2 Å². The fourth-order valence-electron chi connectivity index (χ4n) is 16.0. The Hall–Kier alpha value is -10.4. The lowest BCUT2D eigenvalue weighted by molar-refractivity contribution is -0.142. The number of likely N-dealkylation sites (tertiary alicyclic amines) is 2. The van der Waals surface area contributed by atoms with Gasteiger partial charge in [0.25, 0.3) is 0 Å². The number of nitrogens with one attached hydrogen (secondary N) is 6. The molecule has 10 atom stereocenters. The van der Waals surface area contributed by atoms with Crippen LogP contribution in [0.3, 0.4) is 0 Å². The molecule has 8 N–H and O–H groups in total. The molecule has 0 radical (unpaired) electrons. The number of nitrogens with zero attached hydrogens (tertiary/aromatic N) is 6. The number of benzene rings is 2. The predicted octanol–water partition coefficient (Wildman–Crippen LogP) is 17.2. The zero-order valence-electron chi connectivity index (χ0n) is 81.5. The molecule has 6 amide bonds. The number of hydrogen-bond acceptors (Lipinski definition) is 33. The summed E-state index contributed by atoms with van der Waals surface area (Å²) in [6.07, 6.45) is 2.82. The maximum absolute atomic E-state index is 15.1. The molecule has 6 heterocycles. The van der Waals surface area contributed by atoms with Gasteiger partial charge in [0.1, 0.15) is 93.5 Å². The molecule has 2 saturated heterocycles. The quantitative estimate of drug-likeness (QED) is 0.00444. The SMILES string of the molecule is C=C[C@@H]1C[C@]1(NC(=O)[C@@H]1CC(Oc2cc(-c3csc(NC(C)C)n3)nc3cc(OC)ccc23)CN1C(=O)[C@@H](NC(=O)OC1CCCC1)C(C)(C)C)P(=O)(O)O.C=C[C@@H]1C[C@]1(NC(=O)[C@@H]1CC(Oc2cc(-c3csc(NC(C)C)n3)nc3cc(OC)ccc23)CN1C(=O)[C@@H](NC(=O)OC1CCCC1)C(C)(C)C)P(=O)(OCOC(=O)OCC(C)C)OCOC(=O)OCC(C)C.CC(C)COC(=O)OCCl. The number of amides is 6. The Balaban J connectivity index is 0.000000266. The van der Waals surface area contributed by atoms with Crippen LogP contribution in [0.5, 0.6) is 23.0 Å². The Morgan fingerprint density at radius 3 is 1.22 bits per heavy atom. The molecule has 2 aliphatic heterocycles. The maximum atomic E-state index is 15.1. The molecule has 12 rings (SSSR count). The first-order valence-electron chi connectivity index (χ1n) is 46.2. The lowest BCUT2D eigenvalue weighted by Crippen LogP contribution is -2.58. The summed E-state index contributed by atoms with van der Waals surface area (Å²) in [5.41, 5.74) is 1.64. The van der Waals surface area contributed by atoms with Gasteiger partial charge in [0.15, 0.2) is 16.3 Å². The third-order valence-electron chi connectivity index (χ3n) is 23.3. The standard InChI is InChI=1S/C50H71N6O15PS.C38H51N6O9PS.C6H11ClO3/c1-12-32-22-50(32,72(62,68-27-66-47(60)64-24-29(2)3)69-28-67-48(61)65-25-30(4)5)55-43(57)40-20-35(23-56(40)44(58)42(49(8,9)10)54-46(59)71-33-15-13-14-16-33)70-41-21-38(39-26-73-45(53-39)51-31(6)7)52-37-19-34(63-11)17-18-36(37)41;1-8-22-18-38(22,54(48,49)50)43-33(45)30-16-25(19-44(30)34(46)32(37(4,5)6)42-36(47)53-23-11-9-10-12-23)52-31-17-28(29-20-55-35(41-29)39-21(2)3)40-27-15-24(51-7)13-14-26(27)31;1-5(2)3-9-6(8)10-4-7/h12,17-19,21,26,29-33,35,40,42H,1,13-16,20,22-25,27-28H2,2-11H3,(H,51,53)(H,54,59)(H,55,57);8,13-15,17,20-23,25,30,32H,1,9-12,16,18-19H2,2-7H3,(H,39,41)(H,42,47)(H,43,45)(H2,48,49,50);5H,3-4H2,1-2H3/t32-,35?,40+,42-,50+;22-,25?,30+,32-,38+;/m11./s1. The molecule has 2 aromatic carbocycles. The van der Waals surface area contributed by atoms with Crippen molar-refractivity contribution in [1.82, 2.24) is 51.0 Å². The highest BCUT2D eigenvalue weighted by Crippen LogP contribution is 2.73. The van der Waals surface area contributed by atoms with E-state index in [0.29, 0.717) is 98.1 Å². The molecular formula is C94H133ClN12O27P2S2. The first-order chi connectivity index (χ1) is 65.1. The first kappa shape index (κ1) is 110. The van der Waals surface area contributed by atoms with Gasteiger partial charge in [0, 0.05) is 82.6 Å². The normalized spacial score (nSPS) is 20.8. The van der Waals surface area contributed by atoms with Crippen LogP contribution in [0.2, 0.25) is 0 Å². The molecule has 4 aromatic heterocycles. The number of anilines is 2. The van der Waals surface area contributed by atoms with Gasteiger partial charge in [-0.15, -0.1) is 35.8 Å². The van der Waals surface area contributed by atoms with Crippen LogP contribution in [-0.4, -0.2) is 232 Å². The number of ether oxygens (including phenoxy) is 12. The fourth-order valence-corrected chi connectivity index (χ4v) is 21.2. The van der Waals surface area contributed by atoms with Gasteiger partial charge >= 0.3 is 45.8 Å². The number of hydrogen-bond donors (Lipinski definition) is 8. The molecule has 4 saturated carbocycles. The molecule has 138 heavy (non-hydrogen) atoms. The molecule has 44 heteroatoms. The average Bonchev–Trinajstić information content (AvgIpc) is 1.56. The number of thiazole rings is 2. The monoisotopic (exact) mass is 2020 g/mol. The summed E-state index contributed by atoms with van der Waals surface area (Å²) in [7, 11) is -6.46. The number of carbonyl (C=O) groups excluding carboxylic acids is 9. The Bertz CT molecular complexity index is 5330. The van der Waals surface area contributed by atoms with E-state index < -0.39 is 153 Å². The van der Waals surface area contributed by atoms with Gasteiger partial charge in [-0.2, -0.15) is 0 Å². The van der Waals surface area contributed by atoms with Crippen molar-refractivity contribution in [3.8, 4) is 45.8 Å². The number of halogens is 1. The van der Waals surface area contributed by atoms with E-state index in [9.17, 15) is 47.9 Å². The van der Waals surface area contributed by atoms with E-state index in [1.807, 2.05) is 86.1 Å². The second kappa shape index (κ2) is 48.2. The van der Waals surface area contributed by atoms with Crippen molar-refractivity contribution >= 4 is 136 Å². The Morgan fingerprint density at radius 2 is 0.891 bits per heavy atom. The molecular weight excluding hydrogens is 1890 g/mol. The van der Waals surface area contributed by atoms with Gasteiger partial charge < -0.3 is 108 Å². The minimum absolute atomic E-state index is 0.00650. The van der Waals surface area contributed by atoms with Gasteiger partial charge in [-0.25, -0.2) is 43.9 Å². The van der Waals surface area contributed by atoms with Gasteiger partial charge in [0.05, 0.1) is 69.6 Å². The molecule has 0 spiro atoms. The topological polar surface area (TPSA) is 488 Å². The molecule has 4 aliphatic carbocycles. The number of aromatic nitrogens is 4. The van der Waals surface area contributed by atoms with Crippen LogP contribution in [0, 0.1) is 40.4 Å². The molecule has 760 valence electrons. The largest absolute Gasteiger partial charge is 0.510 e. The van der Waals surface area contributed by atoms with Crippen molar-refractivity contribution in [2.24, 2.45) is 40.4 Å². The number of pyridine rings is 2. The number of rotatable bonds is 39. The van der Waals surface area contributed by atoms with E-state index in [-0.39, 0.29) is 94.2 Å². The highest BCUT2D eigenvalue weighted by atomic mass is 35.5. The van der Waals surface area contributed by atoms with Crippen molar-refractivity contribution < 1.29 is 128 Å². The summed E-state index contributed by atoms with van der Waals surface area (Å²) >= 11 is 7.96. The van der Waals surface area contributed by atoms with Crippen LogP contribution in [0.4, 0.5) is 34.2 Å². The van der Waals surface area contributed by atoms with E-state index in [4.69, 9.17) is 88.0 Å². The van der Waals surface area contributed by atoms with Crippen molar-refractivity contribution in [2.45, 2.75) is 259 Å². The second-order valence-electron chi connectivity index (χ2n) is 38.8. The van der Waals surface area contributed by atoms with Crippen LogP contribution < -0.4 is 50.8 Å². The predicted molar refractivity (Wildman–Crippen MR) is 518 cm³/mol. The fraction of sp³-hybridized carbons (Fsp3) is 0.606. The summed E-state index contributed by atoms with van der Waals surface area (Å²) < 4.78 is 104. The smallest absolute Gasteiger partial charge is 0.497 e. The number of alkyl halides is 1. The van der Waals surface area contributed by atoms with Crippen LogP contribution in [0.1, 0.15) is 188 Å². The summed E-state index contributed by atoms with van der Waals surface area (Å²) in [6, 6.07) is 9.58. The van der Waals surface area contributed by atoms with E-state index in [1.165, 1.54) is 44.6 Å². The van der Waals surface area contributed by atoms with E-state index >= 15 is 14.2 Å². The molecule has 6 aromatic rings. The van der Waals surface area contributed by atoms with Gasteiger partial charge in [-0.3, -0.25) is 37.4 Å². The van der Waals surface area contributed by atoms with Gasteiger partial charge in [-0.1, -0.05) is 107 Å². The van der Waals surface area contributed by atoms with Crippen molar-refractivity contribution in [3.63, 3.8) is 0 Å². The minimum Gasteiger partial charge on any atom is -0.497 e. The minimum atomic E-state index is -4.83. The van der Waals surface area contributed by atoms with Crippen LogP contribution in [0.25, 0.3) is 44.6 Å². The average molecular weight is 2020 g/mol. The summed E-state index contributed by atoms with van der Waals surface area (Å²) in [5, 5.41) is 20.4. The lowest BCUT2D eigenvalue weighted by atomic mass is 9.85. The highest BCUT2D eigenvalue weighted by molar-refractivity contribution is 7.56. The Kier molecular flexibility index (Phi) is 38.3. The second-order valence-corrected chi connectivity index (χ2v) is 44.9. The van der Waals surface area contributed by atoms with Crippen LogP contribution >= 0.6 is 49.5 Å². The summed E-state index contributed by atoms with van der Waals surface area (Å²) in [4.78, 5) is 163. The molecule has 2 unspecified atom stereocenters. The molecule has 39 nitrogen and oxygen atoms in total. The zero-order valence-corrected chi connectivity index (χ0v) is 85.7. The van der Waals surface area contributed by atoms with Crippen molar-refractivity contribution in [3.05, 3.63) is 84.6 Å². The summed E-state index contributed by atoms with van der Waals surface area (Å²) in [6.45, 7) is 35.9. The zero-order chi connectivity index (χ0) is 101. The number of methoxy groups -OCH3 is 2. The number of carbonyl (C=O) groups is 9. The third kappa shape index (κ3) is 29.4. The lowest BCUT2D eigenvalue weighted by Gasteiger charge is -2.36. The highest BCUT2D eigenvalue weighted by Gasteiger charge is 2.70. The van der Waals surface area contributed by atoms with E-state index in [1.54, 1.807) is 98.2 Å². The Labute approximate surface area is 817 Å². The van der Waals surface area contributed by atoms with Crippen molar-refractivity contribution in [2.75, 3.05) is 77.4 Å². The van der Waals surface area contributed by atoms with E-state index in [2.05, 4.69) is 54.5 Å². The van der Waals surface area contributed by atoms with Gasteiger partial charge in [-0.05, 0) is 145 Å². The third-order valence-corrected chi connectivity index (χ3v) is 29.1. The molecule has 6 aliphatic rings. The number of fused-ring (bicyclic) bond motifs is 2. The van der Waals surface area contributed by atoms with Crippen LogP contribution in [-0.2, 0) is 75.3 Å². The Morgan fingerprint density at radius 1 is 0.522 bits per heavy atom. The molecule has 0 bridgehead atoms. The molecule has 6 fully saturated rings. The van der Waals surface area contributed by atoms with E-state index in [0.717, 1.165) is 43.7 Å². The number of alkyl carbamates (subject to hydrolysis) is 2.